The molecule has 1 N–H and O–H groups in total. The van der Waals surface area contributed by atoms with Gasteiger partial charge in [-0.25, -0.2) is 0 Å². The Kier molecular flexibility index (Phi) is 9.14. The molecule has 0 fully saturated rings. The minimum atomic E-state index is -2.90. The second-order valence-corrected chi connectivity index (χ2v) is 6.20. The van der Waals surface area contributed by atoms with Gasteiger partial charge in [0.2, 0.25) is 0 Å². The Bertz CT molecular complexity index is 175. The van der Waals surface area contributed by atoms with Gasteiger partial charge in [-0.05, 0) is 18.2 Å². The molecule has 0 heterocycles. The van der Waals surface area contributed by atoms with E-state index in [1.54, 1.807) is 0 Å². The topological polar surface area (TPSA) is 38.7 Å². The zero-order chi connectivity index (χ0) is 10.9. The minimum absolute atomic E-state index is 0.508. The van der Waals surface area contributed by atoms with Crippen LogP contribution in [0, 0.1) is 0 Å². The van der Waals surface area contributed by atoms with Gasteiger partial charge in [-0.15, -0.1) is 0 Å². The zero-order valence-electron chi connectivity index (χ0n) is 9.07. The van der Waals surface area contributed by atoms with Gasteiger partial charge >= 0.3 is 6.72 Å². The summed E-state index contributed by atoms with van der Waals surface area (Å²) in [5, 5.41) is 0. The molecule has 0 aromatic rings. The fourth-order valence-corrected chi connectivity index (χ4v) is 1.80. The summed E-state index contributed by atoms with van der Waals surface area (Å²) in [6.45, 7) is -0.196. The Morgan fingerprint density at radius 2 is 1.71 bits per heavy atom. The normalized spacial score (nSPS) is 15.4. The second kappa shape index (κ2) is 8.81. The van der Waals surface area contributed by atoms with Gasteiger partial charge in [-0.1, -0.05) is 39.0 Å². The molecule has 0 spiro atoms. The fourth-order valence-electron chi connectivity index (χ4n) is 1.12. The molecule has 5 heteroatoms. The lowest BCUT2D eigenvalue weighted by molar-refractivity contribution is 0.221. The molecule has 1 unspecified atom stereocenters. The molecular formula is C9H21O3PS. The van der Waals surface area contributed by atoms with E-state index in [1.807, 2.05) is 0 Å². The summed E-state index contributed by atoms with van der Waals surface area (Å²) >= 11 is 4.69. The van der Waals surface area contributed by atoms with Crippen LogP contribution in [0.1, 0.15) is 45.4 Å². The maximum absolute atomic E-state index is 9.25. The minimum Gasteiger partial charge on any atom is -0.324 e. The number of hydrogen-bond acceptors (Lipinski definition) is 3. The first-order valence-corrected chi connectivity index (χ1v) is 7.74. The molecule has 14 heavy (non-hydrogen) atoms. The first-order valence-electron chi connectivity index (χ1n) is 5.15. The Hall–Kier alpha value is 0.530. The van der Waals surface area contributed by atoms with Crippen molar-refractivity contribution in [2.75, 3.05) is 13.7 Å². The predicted molar refractivity (Wildman–Crippen MR) is 62.8 cm³/mol. The molecule has 0 saturated carbocycles. The van der Waals surface area contributed by atoms with Crippen LogP contribution in [0.2, 0.25) is 0 Å². The summed E-state index contributed by atoms with van der Waals surface area (Å²) in [6, 6.07) is 0. The summed E-state index contributed by atoms with van der Waals surface area (Å²) in [6.07, 6.45) is 7.17. The van der Waals surface area contributed by atoms with Crippen LogP contribution < -0.4 is 0 Å². The van der Waals surface area contributed by atoms with Crippen LogP contribution in [-0.4, -0.2) is 18.6 Å². The van der Waals surface area contributed by atoms with Gasteiger partial charge in [-0.3, -0.25) is 0 Å². The SMILES string of the molecule is CCCCCCCCOP(O)(=S)OC. The maximum Gasteiger partial charge on any atom is 0.324 e. The van der Waals surface area contributed by atoms with Gasteiger partial charge in [0.15, 0.2) is 0 Å². The molecule has 86 valence electrons. The Morgan fingerprint density at radius 3 is 2.29 bits per heavy atom. The number of rotatable bonds is 9. The summed E-state index contributed by atoms with van der Waals surface area (Å²) in [5.41, 5.74) is 0. The van der Waals surface area contributed by atoms with Crippen LogP contribution in [0.15, 0.2) is 0 Å². The van der Waals surface area contributed by atoms with Crippen LogP contribution in [0.3, 0.4) is 0 Å². The van der Waals surface area contributed by atoms with E-state index in [2.05, 4.69) is 23.3 Å². The van der Waals surface area contributed by atoms with Crippen LogP contribution >= 0.6 is 6.72 Å². The van der Waals surface area contributed by atoms with E-state index in [4.69, 9.17) is 4.52 Å². The number of hydrogen-bond donors (Lipinski definition) is 1. The lowest BCUT2D eigenvalue weighted by atomic mass is 10.1. The molecule has 0 rings (SSSR count). The summed E-state index contributed by atoms with van der Waals surface area (Å²) < 4.78 is 9.69. The van der Waals surface area contributed by atoms with Gasteiger partial charge < -0.3 is 13.9 Å². The van der Waals surface area contributed by atoms with Crippen molar-refractivity contribution < 1.29 is 13.9 Å². The zero-order valence-corrected chi connectivity index (χ0v) is 10.8. The molecule has 0 bridgehead atoms. The van der Waals surface area contributed by atoms with E-state index in [-0.39, 0.29) is 0 Å². The third kappa shape index (κ3) is 9.10. The Balaban J connectivity index is 3.17. The second-order valence-electron chi connectivity index (χ2n) is 3.25. The molecule has 0 aromatic carbocycles. The van der Waals surface area contributed by atoms with Gasteiger partial charge in [0, 0.05) is 7.11 Å². The van der Waals surface area contributed by atoms with E-state index in [0.717, 1.165) is 12.8 Å². The molecule has 0 aliphatic rings. The largest absolute Gasteiger partial charge is 0.324 e. The average molecular weight is 240 g/mol. The van der Waals surface area contributed by atoms with Crippen molar-refractivity contribution in [1.82, 2.24) is 0 Å². The van der Waals surface area contributed by atoms with Gasteiger partial charge in [-0.2, -0.15) is 0 Å². The van der Waals surface area contributed by atoms with Crippen LogP contribution in [0.5, 0.6) is 0 Å². The highest BCUT2D eigenvalue weighted by molar-refractivity contribution is 8.07. The smallest absolute Gasteiger partial charge is 0.324 e. The van der Waals surface area contributed by atoms with Crippen LogP contribution in [0.4, 0.5) is 0 Å². The van der Waals surface area contributed by atoms with Crippen molar-refractivity contribution in [2.45, 2.75) is 45.4 Å². The molecule has 0 aliphatic carbocycles. The van der Waals surface area contributed by atoms with Gasteiger partial charge in [0.05, 0.1) is 6.61 Å². The van der Waals surface area contributed by atoms with Crippen molar-refractivity contribution in [1.29, 1.82) is 0 Å². The monoisotopic (exact) mass is 240 g/mol. The standard InChI is InChI=1S/C9H21O3PS/c1-3-4-5-6-7-8-9-12-13(10,14)11-2/h3-9H2,1-2H3,(H,10,14). The van der Waals surface area contributed by atoms with Crippen molar-refractivity contribution in [2.24, 2.45) is 0 Å². The first kappa shape index (κ1) is 14.5. The molecule has 3 nitrogen and oxygen atoms in total. The van der Waals surface area contributed by atoms with Crippen molar-refractivity contribution in [3.8, 4) is 0 Å². The van der Waals surface area contributed by atoms with E-state index < -0.39 is 6.72 Å². The van der Waals surface area contributed by atoms with Crippen LogP contribution in [0.25, 0.3) is 0 Å². The third-order valence-corrected chi connectivity index (χ3v) is 3.72. The summed E-state index contributed by atoms with van der Waals surface area (Å²) in [4.78, 5) is 9.25. The molecule has 0 saturated heterocycles. The highest BCUT2D eigenvalue weighted by Crippen LogP contribution is 2.42. The predicted octanol–water partition coefficient (Wildman–Crippen LogP) is 3.23. The van der Waals surface area contributed by atoms with Crippen molar-refractivity contribution in [3.05, 3.63) is 0 Å². The van der Waals surface area contributed by atoms with Crippen molar-refractivity contribution >= 4 is 18.5 Å². The third-order valence-electron chi connectivity index (χ3n) is 1.98. The highest BCUT2D eigenvalue weighted by atomic mass is 32.5. The molecule has 1 atom stereocenters. The van der Waals surface area contributed by atoms with E-state index in [0.29, 0.717) is 6.61 Å². The first-order chi connectivity index (χ1) is 6.62. The fraction of sp³-hybridized carbons (Fsp3) is 1.00. The Labute approximate surface area is 92.1 Å². The summed E-state index contributed by atoms with van der Waals surface area (Å²) in [7, 11) is 1.38. The molecule has 0 radical (unpaired) electrons. The lowest BCUT2D eigenvalue weighted by Crippen LogP contribution is -1.94. The van der Waals surface area contributed by atoms with Crippen LogP contribution in [-0.2, 0) is 20.9 Å². The van der Waals surface area contributed by atoms with Crippen molar-refractivity contribution in [3.63, 3.8) is 0 Å². The Morgan fingerprint density at radius 1 is 1.14 bits per heavy atom. The highest BCUT2D eigenvalue weighted by Gasteiger charge is 2.10. The molecular weight excluding hydrogens is 219 g/mol. The van der Waals surface area contributed by atoms with E-state index in [1.165, 1.54) is 32.8 Å². The molecule has 0 amide bonds. The quantitative estimate of drug-likeness (QED) is 0.496. The maximum atomic E-state index is 9.25. The van der Waals surface area contributed by atoms with E-state index >= 15 is 0 Å². The summed E-state index contributed by atoms with van der Waals surface area (Å²) in [5.74, 6) is 0. The number of unbranched alkanes of at least 4 members (excludes halogenated alkanes) is 5. The van der Waals surface area contributed by atoms with Gasteiger partial charge in [0.1, 0.15) is 0 Å². The lowest BCUT2D eigenvalue weighted by Gasteiger charge is -2.12. The molecule has 0 aromatic heterocycles. The average Bonchev–Trinajstić information content (AvgIpc) is 2.16. The van der Waals surface area contributed by atoms with E-state index in [9.17, 15) is 4.89 Å². The van der Waals surface area contributed by atoms with Gasteiger partial charge in [0.25, 0.3) is 0 Å². The molecule has 0 aliphatic heterocycles.